The van der Waals surface area contributed by atoms with Crippen molar-refractivity contribution in [1.29, 1.82) is 0 Å². The van der Waals surface area contributed by atoms with E-state index in [1.165, 1.54) is 12.1 Å². The van der Waals surface area contributed by atoms with Gasteiger partial charge >= 0.3 is 5.97 Å². The van der Waals surface area contributed by atoms with Gasteiger partial charge in [0.25, 0.3) is 0 Å². The monoisotopic (exact) mass is 309 g/mol. The van der Waals surface area contributed by atoms with E-state index in [-0.39, 0.29) is 11.5 Å². The lowest BCUT2D eigenvalue weighted by Gasteiger charge is -2.45. The normalized spacial score (nSPS) is 25.7. The summed E-state index contributed by atoms with van der Waals surface area (Å²) < 4.78 is 27.1. The van der Waals surface area contributed by atoms with Crippen LogP contribution in [0.1, 0.15) is 37.7 Å². The number of halogens is 2. The van der Waals surface area contributed by atoms with Crippen LogP contribution in [0.25, 0.3) is 0 Å². The molecule has 1 aromatic rings. The first kappa shape index (κ1) is 14.9. The van der Waals surface area contributed by atoms with Crippen molar-refractivity contribution >= 4 is 11.9 Å². The van der Waals surface area contributed by atoms with E-state index in [1.54, 1.807) is 0 Å². The van der Waals surface area contributed by atoms with Crippen LogP contribution < -0.4 is 5.32 Å². The summed E-state index contributed by atoms with van der Waals surface area (Å²) in [5, 5.41) is 11.9. The average Bonchev–Trinajstić information content (AvgIpc) is 2.32. The van der Waals surface area contributed by atoms with Crippen molar-refractivity contribution in [3.8, 4) is 0 Å². The highest BCUT2D eigenvalue weighted by Gasteiger charge is 2.47. The van der Waals surface area contributed by atoms with Gasteiger partial charge in [0.15, 0.2) is 0 Å². The fourth-order valence-corrected chi connectivity index (χ4v) is 3.31. The van der Waals surface area contributed by atoms with Crippen LogP contribution in [0.2, 0.25) is 0 Å². The van der Waals surface area contributed by atoms with Crippen molar-refractivity contribution in [2.45, 2.75) is 37.6 Å². The third-order valence-corrected chi connectivity index (χ3v) is 4.94. The van der Waals surface area contributed by atoms with Crippen LogP contribution >= 0.6 is 0 Å². The van der Waals surface area contributed by atoms with Gasteiger partial charge in [-0.05, 0) is 38.2 Å². The van der Waals surface area contributed by atoms with Gasteiger partial charge in [-0.2, -0.15) is 0 Å². The van der Waals surface area contributed by atoms with Crippen LogP contribution in [0.15, 0.2) is 18.2 Å². The SMILES string of the molecule is O=C(O)C1CCC1C(=O)NC1(c2ccc(F)cc2F)CCC1. The van der Waals surface area contributed by atoms with E-state index in [4.69, 9.17) is 5.11 Å². The molecule has 4 nitrogen and oxygen atoms in total. The van der Waals surface area contributed by atoms with Crippen LogP contribution in [-0.4, -0.2) is 17.0 Å². The molecule has 0 aromatic heterocycles. The number of hydrogen-bond acceptors (Lipinski definition) is 2. The van der Waals surface area contributed by atoms with E-state index in [2.05, 4.69) is 5.32 Å². The lowest BCUT2D eigenvalue weighted by atomic mass is 9.69. The van der Waals surface area contributed by atoms with Gasteiger partial charge in [0.2, 0.25) is 5.91 Å². The Bertz CT molecular complexity index is 628. The van der Waals surface area contributed by atoms with Crippen LogP contribution in [0, 0.1) is 23.5 Å². The number of hydrogen-bond donors (Lipinski definition) is 2. The van der Waals surface area contributed by atoms with E-state index in [0.29, 0.717) is 25.7 Å². The first-order valence-electron chi connectivity index (χ1n) is 7.43. The van der Waals surface area contributed by atoms with E-state index in [9.17, 15) is 18.4 Å². The molecule has 1 amide bonds. The molecule has 0 radical (unpaired) electrons. The van der Waals surface area contributed by atoms with Gasteiger partial charge < -0.3 is 10.4 Å². The summed E-state index contributed by atoms with van der Waals surface area (Å²) >= 11 is 0. The van der Waals surface area contributed by atoms with Crippen molar-refractivity contribution in [2.24, 2.45) is 11.8 Å². The molecular weight excluding hydrogens is 292 g/mol. The molecule has 2 aliphatic carbocycles. The second-order valence-corrected chi connectivity index (χ2v) is 6.18. The fraction of sp³-hybridized carbons (Fsp3) is 0.500. The van der Waals surface area contributed by atoms with Gasteiger partial charge in [-0.15, -0.1) is 0 Å². The molecule has 2 fully saturated rings. The van der Waals surface area contributed by atoms with E-state index >= 15 is 0 Å². The lowest BCUT2D eigenvalue weighted by Crippen LogP contribution is -2.55. The zero-order valence-corrected chi connectivity index (χ0v) is 11.9. The van der Waals surface area contributed by atoms with Gasteiger partial charge in [-0.1, -0.05) is 6.07 Å². The molecular formula is C16H17F2NO3. The minimum Gasteiger partial charge on any atom is -0.481 e. The molecule has 2 aliphatic rings. The van der Waals surface area contributed by atoms with Crippen molar-refractivity contribution in [3.63, 3.8) is 0 Å². The standard InChI is InChI=1S/C16H17F2NO3/c17-9-2-5-12(13(18)8-9)16(6-1-7-16)19-14(20)10-3-4-11(10)15(21)22/h2,5,8,10-11H,1,3-4,6-7H2,(H,19,20)(H,21,22). The fourth-order valence-electron chi connectivity index (χ4n) is 3.31. The summed E-state index contributed by atoms with van der Waals surface area (Å²) in [5.74, 6) is -3.87. The summed E-state index contributed by atoms with van der Waals surface area (Å²) in [5.41, 5.74) is -0.548. The second kappa shape index (κ2) is 5.34. The van der Waals surface area contributed by atoms with Crippen molar-refractivity contribution < 1.29 is 23.5 Å². The molecule has 1 aromatic carbocycles. The Labute approximate surface area is 126 Å². The van der Waals surface area contributed by atoms with Gasteiger partial charge in [0.05, 0.1) is 17.4 Å². The Morgan fingerprint density at radius 1 is 1.18 bits per heavy atom. The Kier molecular flexibility index (Phi) is 3.62. The Hall–Kier alpha value is -1.98. The number of rotatable bonds is 4. The number of carboxylic acid groups (broad SMARTS) is 1. The molecule has 6 heteroatoms. The molecule has 2 unspecified atom stereocenters. The first-order chi connectivity index (χ1) is 10.4. The molecule has 0 spiro atoms. The Balaban J connectivity index is 1.79. The van der Waals surface area contributed by atoms with Gasteiger partial charge in [-0.25, -0.2) is 8.78 Å². The summed E-state index contributed by atoms with van der Waals surface area (Å²) in [6, 6.07) is 3.35. The summed E-state index contributed by atoms with van der Waals surface area (Å²) in [6.07, 6.45) is 3.01. The Morgan fingerprint density at radius 2 is 1.86 bits per heavy atom. The van der Waals surface area contributed by atoms with Crippen LogP contribution in [0.5, 0.6) is 0 Å². The topological polar surface area (TPSA) is 66.4 Å². The molecule has 2 N–H and O–H groups in total. The third-order valence-electron chi connectivity index (χ3n) is 4.94. The molecule has 0 bridgehead atoms. The smallest absolute Gasteiger partial charge is 0.307 e. The molecule has 0 saturated heterocycles. The highest BCUT2D eigenvalue weighted by Crippen LogP contribution is 2.44. The number of carbonyl (C=O) groups is 2. The van der Waals surface area contributed by atoms with Crippen LogP contribution in [0.3, 0.4) is 0 Å². The predicted molar refractivity (Wildman–Crippen MR) is 73.9 cm³/mol. The number of benzene rings is 1. The van der Waals surface area contributed by atoms with Crippen molar-refractivity contribution in [3.05, 3.63) is 35.4 Å². The van der Waals surface area contributed by atoms with Crippen LogP contribution in [0.4, 0.5) is 8.78 Å². The van der Waals surface area contributed by atoms with Crippen LogP contribution in [-0.2, 0) is 15.1 Å². The average molecular weight is 309 g/mol. The zero-order chi connectivity index (χ0) is 15.9. The second-order valence-electron chi connectivity index (χ2n) is 6.18. The third kappa shape index (κ3) is 2.36. The molecule has 0 heterocycles. The molecule has 118 valence electrons. The molecule has 0 aliphatic heterocycles. The van der Waals surface area contributed by atoms with Crippen molar-refractivity contribution in [2.75, 3.05) is 0 Å². The van der Waals surface area contributed by atoms with Gasteiger partial charge in [-0.3, -0.25) is 9.59 Å². The summed E-state index contributed by atoms with van der Waals surface area (Å²) in [6.45, 7) is 0. The van der Waals surface area contributed by atoms with Gasteiger partial charge in [0.1, 0.15) is 11.6 Å². The highest BCUT2D eigenvalue weighted by atomic mass is 19.1. The number of amides is 1. The Morgan fingerprint density at radius 3 is 2.32 bits per heavy atom. The summed E-state index contributed by atoms with van der Waals surface area (Å²) in [7, 11) is 0. The molecule has 2 atom stereocenters. The molecule has 2 saturated carbocycles. The van der Waals surface area contributed by atoms with E-state index in [0.717, 1.165) is 12.5 Å². The highest BCUT2D eigenvalue weighted by molar-refractivity contribution is 5.87. The van der Waals surface area contributed by atoms with Crippen molar-refractivity contribution in [1.82, 2.24) is 5.32 Å². The minimum absolute atomic E-state index is 0.277. The maximum absolute atomic E-state index is 14.0. The lowest BCUT2D eigenvalue weighted by molar-refractivity contribution is -0.153. The number of nitrogens with one attached hydrogen (secondary N) is 1. The first-order valence-corrected chi connectivity index (χ1v) is 7.43. The molecule has 3 rings (SSSR count). The quantitative estimate of drug-likeness (QED) is 0.898. The predicted octanol–water partition coefficient (Wildman–Crippen LogP) is 2.57. The zero-order valence-electron chi connectivity index (χ0n) is 11.9. The number of carbonyl (C=O) groups excluding carboxylic acids is 1. The van der Waals surface area contributed by atoms with E-state index < -0.39 is 35.0 Å². The maximum atomic E-state index is 14.0. The number of aliphatic carboxylic acids is 1. The van der Waals surface area contributed by atoms with E-state index in [1.807, 2.05) is 0 Å². The minimum atomic E-state index is -0.970. The molecule has 22 heavy (non-hydrogen) atoms. The number of carboxylic acids is 1. The largest absolute Gasteiger partial charge is 0.481 e. The summed E-state index contributed by atoms with van der Waals surface area (Å²) in [4.78, 5) is 23.4. The maximum Gasteiger partial charge on any atom is 0.307 e. The van der Waals surface area contributed by atoms with Gasteiger partial charge in [0, 0.05) is 11.6 Å².